The molecule has 0 aromatic heterocycles. The second-order valence-corrected chi connectivity index (χ2v) is 5.03. The molecular formula is C17H20FNO2. The molecule has 3 nitrogen and oxygen atoms in total. The molecule has 2 aromatic carbocycles. The summed E-state index contributed by atoms with van der Waals surface area (Å²) in [7, 11) is 1.58. The van der Waals surface area contributed by atoms with Crippen LogP contribution in [0, 0.1) is 12.7 Å². The number of ether oxygens (including phenoxy) is 1. The molecule has 112 valence electrons. The topological polar surface area (TPSA) is 55.5 Å². The molecule has 2 atom stereocenters. The molecule has 2 rings (SSSR count). The lowest BCUT2D eigenvalue weighted by atomic mass is 9.87. The van der Waals surface area contributed by atoms with Gasteiger partial charge in [0.1, 0.15) is 11.6 Å². The van der Waals surface area contributed by atoms with Gasteiger partial charge in [-0.2, -0.15) is 0 Å². The number of methoxy groups -OCH3 is 1. The van der Waals surface area contributed by atoms with Crippen LogP contribution in [0.3, 0.4) is 0 Å². The fourth-order valence-corrected chi connectivity index (χ4v) is 2.55. The van der Waals surface area contributed by atoms with Crippen LogP contribution in [0.2, 0.25) is 0 Å². The van der Waals surface area contributed by atoms with Crippen molar-refractivity contribution >= 4 is 0 Å². The molecule has 0 spiro atoms. The van der Waals surface area contributed by atoms with Crippen LogP contribution in [0.25, 0.3) is 0 Å². The molecule has 0 aliphatic heterocycles. The van der Waals surface area contributed by atoms with Crippen LogP contribution in [0.15, 0.2) is 42.5 Å². The number of nitrogens with two attached hydrogens (primary N) is 1. The Balaban J connectivity index is 2.43. The molecule has 0 saturated carbocycles. The van der Waals surface area contributed by atoms with Gasteiger partial charge in [-0.05, 0) is 36.2 Å². The maximum Gasteiger partial charge on any atom is 0.123 e. The first-order valence-electron chi connectivity index (χ1n) is 6.85. The number of para-hydroxylation sites is 1. The summed E-state index contributed by atoms with van der Waals surface area (Å²) >= 11 is 0. The fourth-order valence-electron chi connectivity index (χ4n) is 2.55. The Bertz CT molecular complexity index is 615. The first-order valence-corrected chi connectivity index (χ1v) is 6.85. The van der Waals surface area contributed by atoms with E-state index in [4.69, 9.17) is 10.5 Å². The van der Waals surface area contributed by atoms with Gasteiger partial charge >= 0.3 is 0 Å². The Labute approximate surface area is 124 Å². The van der Waals surface area contributed by atoms with E-state index in [0.717, 1.165) is 11.1 Å². The highest BCUT2D eigenvalue weighted by Crippen LogP contribution is 2.36. The van der Waals surface area contributed by atoms with Crippen LogP contribution in [-0.4, -0.2) is 18.8 Å². The molecular weight excluding hydrogens is 269 g/mol. The molecule has 2 aromatic rings. The maximum absolute atomic E-state index is 13.5. The lowest BCUT2D eigenvalue weighted by molar-refractivity contribution is 0.145. The molecule has 0 aliphatic rings. The summed E-state index contributed by atoms with van der Waals surface area (Å²) < 4.78 is 18.8. The van der Waals surface area contributed by atoms with E-state index in [9.17, 15) is 9.50 Å². The highest BCUT2D eigenvalue weighted by Gasteiger charge is 2.25. The Morgan fingerprint density at radius 2 is 1.90 bits per heavy atom. The van der Waals surface area contributed by atoms with Crippen LogP contribution < -0.4 is 10.5 Å². The maximum atomic E-state index is 13.5. The van der Waals surface area contributed by atoms with Crippen LogP contribution in [0.1, 0.15) is 28.7 Å². The molecule has 3 N–H and O–H groups in total. The second kappa shape index (κ2) is 6.70. The van der Waals surface area contributed by atoms with E-state index in [1.54, 1.807) is 13.2 Å². The zero-order valence-electron chi connectivity index (χ0n) is 12.2. The summed E-state index contributed by atoms with van der Waals surface area (Å²) in [6.07, 6.45) is -0.887. The zero-order chi connectivity index (χ0) is 15.4. The van der Waals surface area contributed by atoms with Crippen molar-refractivity contribution in [1.82, 2.24) is 0 Å². The third kappa shape index (κ3) is 3.23. The van der Waals surface area contributed by atoms with Crippen LogP contribution in [0.4, 0.5) is 4.39 Å². The summed E-state index contributed by atoms with van der Waals surface area (Å²) in [5, 5.41) is 10.7. The molecule has 21 heavy (non-hydrogen) atoms. The van der Waals surface area contributed by atoms with Gasteiger partial charge in [0, 0.05) is 18.0 Å². The Kier molecular flexibility index (Phi) is 4.94. The van der Waals surface area contributed by atoms with Gasteiger partial charge in [-0.15, -0.1) is 0 Å². The van der Waals surface area contributed by atoms with Crippen molar-refractivity contribution < 1.29 is 14.2 Å². The summed E-state index contributed by atoms with van der Waals surface area (Å²) in [5.74, 6) is -0.0619. The number of aryl methyl sites for hydroxylation is 1. The first-order chi connectivity index (χ1) is 10.1. The highest BCUT2D eigenvalue weighted by molar-refractivity contribution is 5.40. The van der Waals surface area contributed by atoms with E-state index in [0.29, 0.717) is 11.3 Å². The van der Waals surface area contributed by atoms with E-state index in [1.807, 2.05) is 31.2 Å². The predicted octanol–water partition coefficient (Wildman–Crippen LogP) is 2.92. The highest BCUT2D eigenvalue weighted by atomic mass is 19.1. The monoisotopic (exact) mass is 289 g/mol. The van der Waals surface area contributed by atoms with Crippen molar-refractivity contribution in [3.63, 3.8) is 0 Å². The van der Waals surface area contributed by atoms with Gasteiger partial charge in [0.25, 0.3) is 0 Å². The quantitative estimate of drug-likeness (QED) is 0.890. The van der Waals surface area contributed by atoms with E-state index < -0.39 is 6.10 Å². The number of rotatable bonds is 5. The third-order valence-corrected chi connectivity index (χ3v) is 3.73. The molecule has 0 fully saturated rings. The molecule has 0 saturated heterocycles. The van der Waals surface area contributed by atoms with Crippen molar-refractivity contribution in [2.45, 2.75) is 18.9 Å². The van der Waals surface area contributed by atoms with Crippen molar-refractivity contribution in [2.75, 3.05) is 13.7 Å². The molecule has 0 aliphatic carbocycles. The third-order valence-electron chi connectivity index (χ3n) is 3.73. The smallest absolute Gasteiger partial charge is 0.123 e. The Morgan fingerprint density at radius 3 is 2.57 bits per heavy atom. The summed E-state index contributed by atoms with van der Waals surface area (Å²) in [6.45, 7) is 2.07. The van der Waals surface area contributed by atoms with E-state index >= 15 is 0 Å². The van der Waals surface area contributed by atoms with Gasteiger partial charge in [-0.25, -0.2) is 4.39 Å². The minimum absolute atomic E-state index is 0.234. The van der Waals surface area contributed by atoms with Gasteiger partial charge in [0.15, 0.2) is 0 Å². The minimum atomic E-state index is -0.887. The van der Waals surface area contributed by atoms with Crippen molar-refractivity contribution in [3.8, 4) is 5.75 Å². The number of aliphatic hydroxyl groups excluding tert-OH is 1. The van der Waals surface area contributed by atoms with Crippen LogP contribution in [-0.2, 0) is 0 Å². The van der Waals surface area contributed by atoms with Gasteiger partial charge < -0.3 is 15.6 Å². The Morgan fingerprint density at radius 1 is 1.19 bits per heavy atom. The van der Waals surface area contributed by atoms with Crippen LogP contribution in [0.5, 0.6) is 5.75 Å². The van der Waals surface area contributed by atoms with E-state index in [-0.39, 0.29) is 18.3 Å². The SMILES string of the molecule is COc1ccccc1C(CN)C(O)c1cc(F)ccc1C. The molecule has 0 heterocycles. The lowest BCUT2D eigenvalue weighted by Crippen LogP contribution is -2.21. The van der Waals surface area contributed by atoms with Crippen LogP contribution >= 0.6 is 0 Å². The molecule has 2 unspecified atom stereocenters. The number of hydrogen-bond donors (Lipinski definition) is 2. The van der Waals surface area contributed by atoms with Gasteiger partial charge in [0.05, 0.1) is 13.2 Å². The normalized spacial score (nSPS) is 13.8. The number of hydrogen-bond acceptors (Lipinski definition) is 3. The number of benzene rings is 2. The van der Waals surface area contributed by atoms with Gasteiger partial charge in [0.2, 0.25) is 0 Å². The summed E-state index contributed by atoms with van der Waals surface area (Å²) in [4.78, 5) is 0. The number of halogens is 1. The molecule has 4 heteroatoms. The molecule has 0 bridgehead atoms. The van der Waals surface area contributed by atoms with Crippen molar-refractivity contribution in [1.29, 1.82) is 0 Å². The fraction of sp³-hybridized carbons (Fsp3) is 0.294. The predicted molar refractivity (Wildman–Crippen MR) is 80.9 cm³/mol. The van der Waals surface area contributed by atoms with Crippen molar-refractivity contribution in [2.24, 2.45) is 5.73 Å². The van der Waals surface area contributed by atoms with E-state index in [1.165, 1.54) is 12.1 Å². The average Bonchev–Trinajstić information content (AvgIpc) is 2.50. The average molecular weight is 289 g/mol. The van der Waals surface area contributed by atoms with Crippen molar-refractivity contribution in [3.05, 3.63) is 65.0 Å². The lowest BCUT2D eigenvalue weighted by Gasteiger charge is -2.25. The summed E-state index contributed by atoms with van der Waals surface area (Å²) in [5.41, 5.74) is 8.05. The Hall–Kier alpha value is -1.91. The second-order valence-electron chi connectivity index (χ2n) is 5.03. The molecule has 0 radical (unpaired) electrons. The van der Waals surface area contributed by atoms with Gasteiger partial charge in [-0.1, -0.05) is 24.3 Å². The largest absolute Gasteiger partial charge is 0.496 e. The zero-order valence-corrected chi connectivity index (χ0v) is 12.2. The van der Waals surface area contributed by atoms with E-state index in [2.05, 4.69) is 0 Å². The summed E-state index contributed by atoms with van der Waals surface area (Å²) in [6, 6.07) is 11.8. The number of aliphatic hydroxyl groups is 1. The minimum Gasteiger partial charge on any atom is -0.496 e. The molecule has 0 amide bonds. The standard InChI is InChI=1S/C17H20FNO2/c1-11-7-8-12(18)9-14(11)17(20)15(10-19)13-5-3-4-6-16(13)21-2/h3-9,15,17,20H,10,19H2,1-2H3. The van der Waals surface area contributed by atoms with Gasteiger partial charge in [-0.3, -0.25) is 0 Å². The first kappa shape index (κ1) is 15.5.